The lowest BCUT2D eigenvalue weighted by Crippen LogP contribution is -2.52. The van der Waals surface area contributed by atoms with Crippen LogP contribution in [0, 0.1) is 40.4 Å². The number of hydrogen-bond acceptors (Lipinski definition) is 0. The van der Waals surface area contributed by atoms with E-state index in [1.54, 1.807) is 51.4 Å². The fourth-order valence-electron chi connectivity index (χ4n) is 7.71. The van der Waals surface area contributed by atoms with Crippen molar-refractivity contribution in [1.82, 2.24) is 0 Å². The summed E-state index contributed by atoms with van der Waals surface area (Å²) in [5.74, 6) is 5.41. The Bertz CT molecular complexity index is 399. The van der Waals surface area contributed by atoms with Gasteiger partial charge in [0.25, 0.3) is 0 Å². The Morgan fingerprint density at radius 2 is 1.71 bits per heavy atom. The molecule has 0 spiro atoms. The third kappa shape index (κ3) is 2.07. The van der Waals surface area contributed by atoms with E-state index in [4.69, 9.17) is 0 Å². The lowest BCUT2D eigenvalue weighted by molar-refractivity contribution is -0.111. The molecule has 0 aromatic carbocycles. The van der Waals surface area contributed by atoms with Gasteiger partial charge in [-0.25, -0.2) is 0 Å². The van der Waals surface area contributed by atoms with Crippen molar-refractivity contribution in [3.05, 3.63) is 0 Å². The molecule has 4 rings (SSSR count). The minimum absolute atomic E-state index is 0.721. The van der Waals surface area contributed by atoms with Gasteiger partial charge in [0.05, 0.1) is 0 Å². The molecule has 0 radical (unpaired) electrons. The summed E-state index contributed by atoms with van der Waals surface area (Å²) in [6.07, 6.45) is 17.0. The van der Waals surface area contributed by atoms with Crippen LogP contribution < -0.4 is 0 Å². The van der Waals surface area contributed by atoms with E-state index in [0.717, 1.165) is 40.4 Å². The van der Waals surface area contributed by atoms with E-state index in [0.29, 0.717) is 0 Å². The van der Waals surface area contributed by atoms with E-state index in [-0.39, 0.29) is 0 Å². The predicted octanol–water partition coefficient (Wildman–Crippen LogP) is 6.45. The molecule has 4 aliphatic carbocycles. The molecule has 0 aromatic heterocycles. The molecule has 0 heteroatoms. The molecule has 0 aromatic rings. The average Bonchev–Trinajstić information content (AvgIpc) is 2.88. The molecule has 21 heavy (non-hydrogen) atoms. The van der Waals surface area contributed by atoms with Gasteiger partial charge >= 0.3 is 0 Å². The van der Waals surface area contributed by atoms with Gasteiger partial charge in [-0.15, -0.1) is 0 Å². The maximum atomic E-state index is 2.72. The van der Waals surface area contributed by atoms with Crippen molar-refractivity contribution in [2.24, 2.45) is 40.4 Å². The van der Waals surface area contributed by atoms with E-state index in [2.05, 4.69) is 20.8 Å². The van der Waals surface area contributed by atoms with Crippen LogP contribution in [0.15, 0.2) is 0 Å². The molecule has 0 nitrogen and oxygen atoms in total. The van der Waals surface area contributed by atoms with Crippen molar-refractivity contribution in [2.75, 3.05) is 0 Å². The van der Waals surface area contributed by atoms with Gasteiger partial charge in [0.15, 0.2) is 0 Å². The van der Waals surface area contributed by atoms with E-state index in [9.17, 15) is 0 Å². The van der Waals surface area contributed by atoms with Gasteiger partial charge in [0.1, 0.15) is 0 Å². The molecule has 0 bridgehead atoms. The second kappa shape index (κ2) is 5.00. The van der Waals surface area contributed by atoms with Gasteiger partial charge in [-0.2, -0.15) is 0 Å². The maximum Gasteiger partial charge on any atom is -0.0266 e. The van der Waals surface area contributed by atoms with Crippen LogP contribution in [-0.2, 0) is 0 Å². The molecule has 0 saturated heterocycles. The number of rotatable bonds is 1. The van der Waals surface area contributed by atoms with Gasteiger partial charge < -0.3 is 0 Å². The summed E-state index contributed by atoms with van der Waals surface area (Å²) in [6.45, 7) is 7.78. The molecule has 4 fully saturated rings. The standard InChI is InChI=1S/C21H36/c1-4-15-9-13-21(3)16(14-15)7-8-17-18-6-5-11-20(18,2)12-10-19(17)21/h15-19H,4-14H2,1-3H3/t15-,16-,17?,18?,19?,20-,21-/m0/s1. The predicted molar refractivity (Wildman–Crippen MR) is 90.1 cm³/mol. The summed E-state index contributed by atoms with van der Waals surface area (Å²) < 4.78 is 0. The zero-order chi connectivity index (χ0) is 14.7. The van der Waals surface area contributed by atoms with Crippen molar-refractivity contribution in [3.63, 3.8) is 0 Å². The van der Waals surface area contributed by atoms with Gasteiger partial charge in [0.2, 0.25) is 0 Å². The third-order valence-electron chi connectivity index (χ3n) is 9.13. The van der Waals surface area contributed by atoms with E-state index >= 15 is 0 Å². The Morgan fingerprint density at radius 1 is 0.857 bits per heavy atom. The zero-order valence-electron chi connectivity index (χ0n) is 14.7. The van der Waals surface area contributed by atoms with Crippen molar-refractivity contribution in [3.8, 4) is 0 Å². The Labute approximate surface area is 132 Å². The summed E-state index contributed by atoms with van der Waals surface area (Å²) in [5, 5.41) is 0. The molecular weight excluding hydrogens is 252 g/mol. The first kappa shape index (κ1) is 14.6. The van der Waals surface area contributed by atoms with Crippen LogP contribution in [-0.4, -0.2) is 0 Å². The first-order chi connectivity index (χ1) is 10.1. The van der Waals surface area contributed by atoms with Crippen LogP contribution in [0.25, 0.3) is 0 Å². The Kier molecular flexibility index (Phi) is 3.47. The normalized spacial score (nSPS) is 56.4. The summed E-state index contributed by atoms with van der Waals surface area (Å²) in [4.78, 5) is 0. The fourth-order valence-corrected chi connectivity index (χ4v) is 7.71. The Hall–Kier alpha value is 0. The fraction of sp³-hybridized carbons (Fsp3) is 1.00. The average molecular weight is 289 g/mol. The molecule has 3 unspecified atom stereocenters. The zero-order valence-corrected chi connectivity index (χ0v) is 14.7. The topological polar surface area (TPSA) is 0 Å². The number of fused-ring (bicyclic) bond motifs is 5. The maximum absolute atomic E-state index is 2.72. The summed E-state index contributed by atoms with van der Waals surface area (Å²) in [5.41, 5.74) is 1.46. The largest absolute Gasteiger partial charge is 0.0651 e. The molecule has 0 amide bonds. The van der Waals surface area contributed by atoms with E-state index < -0.39 is 0 Å². The SMILES string of the molecule is CC[C@H]1CC[C@]2(C)C3CC[C@]4(C)CCCC4C3CC[C@H]2C1. The molecule has 7 atom stereocenters. The monoisotopic (exact) mass is 288 g/mol. The van der Waals surface area contributed by atoms with Crippen molar-refractivity contribution >= 4 is 0 Å². The molecule has 0 heterocycles. The minimum atomic E-state index is 0.721. The van der Waals surface area contributed by atoms with E-state index in [1.807, 2.05) is 0 Å². The summed E-state index contributed by atoms with van der Waals surface area (Å²) in [6, 6.07) is 0. The van der Waals surface area contributed by atoms with Crippen molar-refractivity contribution in [1.29, 1.82) is 0 Å². The molecule has 0 aliphatic heterocycles. The molecule has 0 N–H and O–H groups in total. The van der Waals surface area contributed by atoms with Gasteiger partial charge in [-0.05, 0) is 98.2 Å². The molecule has 4 aliphatic rings. The van der Waals surface area contributed by atoms with Crippen LogP contribution in [0.4, 0.5) is 0 Å². The summed E-state index contributed by atoms with van der Waals surface area (Å²) >= 11 is 0. The highest BCUT2D eigenvalue weighted by Crippen LogP contribution is 2.66. The Balaban J connectivity index is 1.59. The second-order valence-corrected chi connectivity index (χ2v) is 9.79. The molecule has 120 valence electrons. The quantitative estimate of drug-likeness (QED) is 0.520. The molecule has 4 saturated carbocycles. The third-order valence-corrected chi connectivity index (χ3v) is 9.13. The van der Waals surface area contributed by atoms with Gasteiger partial charge in [-0.3, -0.25) is 0 Å². The van der Waals surface area contributed by atoms with Gasteiger partial charge in [0, 0.05) is 0 Å². The summed E-state index contributed by atoms with van der Waals surface area (Å²) in [7, 11) is 0. The lowest BCUT2D eigenvalue weighted by Gasteiger charge is -2.60. The van der Waals surface area contributed by atoms with E-state index in [1.165, 1.54) is 19.3 Å². The van der Waals surface area contributed by atoms with Crippen LogP contribution in [0.1, 0.15) is 91.4 Å². The van der Waals surface area contributed by atoms with Gasteiger partial charge in [-0.1, -0.05) is 33.6 Å². The van der Waals surface area contributed by atoms with Crippen LogP contribution in [0.2, 0.25) is 0 Å². The molecular formula is C21H36. The smallest absolute Gasteiger partial charge is 0.0266 e. The van der Waals surface area contributed by atoms with Crippen LogP contribution in [0.5, 0.6) is 0 Å². The lowest BCUT2D eigenvalue weighted by atomic mass is 9.44. The highest BCUT2D eigenvalue weighted by atomic mass is 14.6. The Morgan fingerprint density at radius 3 is 2.52 bits per heavy atom. The van der Waals surface area contributed by atoms with Crippen LogP contribution >= 0.6 is 0 Å². The highest BCUT2D eigenvalue weighted by Gasteiger charge is 2.57. The first-order valence-corrected chi connectivity index (χ1v) is 10.1. The van der Waals surface area contributed by atoms with Crippen LogP contribution in [0.3, 0.4) is 0 Å². The minimum Gasteiger partial charge on any atom is -0.0651 e. The highest BCUT2D eigenvalue weighted by molar-refractivity contribution is 5.07. The number of hydrogen-bond donors (Lipinski definition) is 0. The van der Waals surface area contributed by atoms with Crippen molar-refractivity contribution < 1.29 is 0 Å². The van der Waals surface area contributed by atoms with Crippen molar-refractivity contribution in [2.45, 2.75) is 91.4 Å². The second-order valence-electron chi connectivity index (χ2n) is 9.79. The first-order valence-electron chi connectivity index (χ1n) is 10.1.